The lowest BCUT2D eigenvalue weighted by Gasteiger charge is -2.15. The summed E-state index contributed by atoms with van der Waals surface area (Å²) in [5.41, 5.74) is 3.18. The molecular formula is C4H9Cl2N3O2. The van der Waals surface area contributed by atoms with E-state index in [1.54, 1.807) is 0 Å². The van der Waals surface area contributed by atoms with Gasteiger partial charge in [0.15, 0.2) is 11.0 Å². The van der Waals surface area contributed by atoms with E-state index >= 15 is 0 Å². The van der Waals surface area contributed by atoms with Gasteiger partial charge in [0.1, 0.15) is 0 Å². The monoisotopic (exact) mass is 201 g/mol. The van der Waals surface area contributed by atoms with E-state index in [0.29, 0.717) is 0 Å². The highest BCUT2D eigenvalue weighted by Gasteiger charge is 2.34. The fraction of sp³-hybridized carbons (Fsp3) is 1.00. The maximum Gasteiger partial charge on any atom is 0.270 e. The number of nitrogens with zero attached hydrogens (tertiary/aromatic N) is 1. The van der Waals surface area contributed by atoms with Crippen LogP contribution < -0.4 is 11.1 Å². The number of rotatable bonds is 4. The van der Waals surface area contributed by atoms with E-state index in [9.17, 15) is 10.1 Å². The molecule has 0 aromatic carbocycles. The first-order valence-electron chi connectivity index (χ1n) is 2.85. The van der Waals surface area contributed by atoms with Crippen molar-refractivity contribution >= 4 is 23.2 Å². The number of alkyl halides is 2. The van der Waals surface area contributed by atoms with E-state index in [2.05, 4.69) is 5.32 Å². The fourth-order valence-corrected chi connectivity index (χ4v) is 1.12. The zero-order valence-corrected chi connectivity index (χ0v) is 7.34. The third kappa shape index (κ3) is 3.20. The fourth-order valence-electron chi connectivity index (χ4n) is 0.555. The predicted octanol–water partition coefficient (Wildman–Crippen LogP) is -0.0604. The minimum absolute atomic E-state index is 0.605. The van der Waals surface area contributed by atoms with Crippen molar-refractivity contribution in [3.05, 3.63) is 10.1 Å². The molecule has 66 valence electrons. The molecule has 11 heavy (non-hydrogen) atoms. The summed E-state index contributed by atoms with van der Waals surface area (Å²) in [7, 11) is 1.49. The maximum atomic E-state index is 10.3. The van der Waals surface area contributed by atoms with E-state index in [-0.39, 0.29) is 0 Å². The highest BCUT2D eigenvalue weighted by Crippen LogP contribution is 2.08. The smallest absolute Gasteiger partial charge is 0.270 e. The van der Waals surface area contributed by atoms with Gasteiger partial charge in [-0.2, -0.15) is 0 Å². The van der Waals surface area contributed by atoms with Gasteiger partial charge in [-0.3, -0.25) is 15.4 Å². The van der Waals surface area contributed by atoms with Gasteiger partial charge in [-0.15, -0.1) is 0 Å². The molecule has 0 rings (SSSR count). The van der Waals surface area contributed by atoms with Crippen LogP contribution in [0.4, 0.5) is 0 Å². The van der Waals surface area contributed by atoms with Gasteiger partial charge < -0.3 is 5.73 Å². The Morgan fingerprint density at radius 1 is 1.64 bits per heavy atom. The summed E-state index contributed by atoms with van der Waals surface area (Å²) >= 11 is 10.8. The first-order valence-corrected chi connectivity index (χ1v) is 3.72. The standard InChI is InChI=1S/C4H9Cl2N3O2/c1-8-4(6)2(3(5)7)9(10)11/h2-4,8H,7H2,1H3. The van der Waals surface area contributed by atoms with E-state index in [0.717, 1.165) is 0 Å². The Morgan fingerprint density at radius 2 is 2.09 bits per heavy atom. The van der Waals surface area contributed by atoms with Crippen LogP contribution in [0.3, 0.4) is 0 Å². The Morgan fingerprint density at radius 3 is 2.18 bits per heavy atom. The molecule has 0 aliphatic heterocycles. The predicted molar refractivity (Wildman–Crippen MR) is 43.3 cm³/mol. The topological polar surface area (TPSA) is 81.2 Å². The zero-order chi connectivity index (χ0) is 9.02. The molecule has 0 radical (unpaired) electrons. The van der Waals surface area contributed by atoms with E-state index < -0.39 is 22.0 Å². The third-order valence-electron chi connectivity index (χ3n) is 1.15. The van der Waals surface area contributed by atoms with Gasteiger partial charge in [0, 0.05) is 4.92 Å². The van der Waals surface area contributed by atoms with Gasteiger partial charge in [-0.25, -0.2) is 0 Å². The van der Waals surface area contributed by atoms with Crippen molar-refractivity contribution in [2.75, 3.05) is 7.05 Å². The molecule has 0 heterocycles. The molecule has 0 aromatic rings. The van der Waals surface area contributed by atoms with Gasteiger partial charge in [-0.05, 0) is 7.05 Å². The minimum Gasteiger partial charge on any atom is -0.309 e. The molecule has 5 nitrogen and oxygen atoms in total. The van der Waals surface area contributed by atoms with Crippen molar-refractivity contribution in [2.24, 2.45) is 5.73 Å². The van der Waals surface area contributed by atoms with Crippen LogP contribution >= 0.6 is 23.2 Å². The second-order valence-corrected chi connectivity index (χ2v) is 2.88. The van der Waals surface area contributed by atoms with Crippen molar-refractivity contribution in [3.63, 3.8) is 0 Å². The van der Waals surface area contributed by atoms with Crippen LogP contribution in [0.1, 0.15) is 0 Å². The van der Waals surface area contributed by atoms with Crippen molar-refractivity contribution in [1.29, 1.82) is 0 Å². The highest BCUT2D eigenvalue weighted by molar-refractivity contribution is 6.23. The van der Waals surface area contributed by atoms with E-state index in [1.165, 1.54) is 7.05 Å². The van der Waals surface area contributed by atoms with Crippen molar-refractivity contribution in [1.82, 2.24) is 5.32 Å². The normalized spacial score (nSPS) is 18.9. The van der Waals surface area contributed by atoms with Gasteiger partial charge >= 0.3 is 0 Å². The molecule has 0 aliphatic rings. The SMILES string of the molecule is CNC(Cl)C(C(N)Cl)[N+](=O)[O-]. The number of hydrogen-bond donors (Lipinski definition) is 2. The summed E-state index contributed by atoms with van der Waals surface area (Å²) < 4.78 is 0. The van der Waals surface area contributed by atoms with Crippen LogP contribution in [0.25, 0.3) is 0 Å². The molecule has 0 spiro atoms. The Labute approximate surface area is 74.0 Å². The molecule has 0 aromatic heterocycles. The number of halogens is 2. The lowest BCUT2D eigenvalue weighted by molar-refractivity contribution is -0.522. The summed E-state index contributed by atoms with van der Waals surface area (Å²) in [6, 6.07) is -1.18. The maximum absolute atomic E-state index is 10.3. The average molecular weight is 202 g/mol. The third-order valence-corrected chi connectivity index (χ3v) is 1.88. The minimum atomic E-state index is -1.18. The summed E-state index contributed by atoms with van der Waals surface area (Å²) in [6.07, 6.45) is 0. The largest absolute Gasteiger partial charge is 0.309 e. The molecule has 7 heteroatoms. The Bertz CT molecular complexity index is 143. The number of likely N-dealkylation sites (N-methyl/N-ethyl adjacent to an activating group) is 1. The van der Waals surface area contributed by atoms with Crippen LogP contribution in [0, 0.1) is 10.1 Å². The van der Waals surface area contributed by atoms with Crippen LogP contribution in [0.15, 0.2) is 0 Å². The molecule has 0 amide bonds. The number of nitrogens with two attached hydrogens (primary N) is 1. The molecule has 0 saturated heterocycles. The van der Waals surface area contributed by atoms with Gasteiger partial charge in [0.05, 0.1) is 0 Å². The molecule has 0 aliphatic carbocycles. The van der Waals surface area contributed by atoms with Crippen molar-refractivity contribution < 1.29 is 4.92 Å². The van der Waals surface area contributed by atoms with Gasteiger partial charge in [-0.1, -0.05) is 23.2 Å². The van der Waals surface area contributed by atoms with Crippen LogP contribution in [0.5, 0.6) is 0 Å². The summed E-state index contributed by atoms with van der Waals surface area (Å²) in [5, 5.41) is 12.7. The van der Waals surface area contributed by atoms with Crippen LogP contribution in [0.2, 0.25) is 0 Å². The van der Waals surface area contributed by atoms with Crippen molar-refractivity contribution in [3.8, 4) is 0 Å². The quantitative estimate of drug-likeness (QED) is 0.289. The second-order valence-electron chi connectivity index (χ2n) is 1.91. The van der Waals surface area contributed by atoms with Crippen LogP contribution in [-0.4, -0.2) is 29.0 Å². The summed E-state index contributed by atoms with van der Waals surface area (Å²) in [6.45, 7) is 0. The lowest BCUT2D eigenvalue weighted by atomic mass is 10.3. The zero-order valence-electron chi connectivity index (χ0n) is 5.83. The van der Waals surface area contributed by atoms with Gasteiger partial charge in [0.25, 0.3) is 6.04 Å². The Kier molecular flexibility index (Phi) is 4.67. The molecule has 0 saturated carbocycles. The Balaban J connectivity index is 4.21. The Hall–Kier alpha value is -0.100. The average Bonchev–Trinajstić information content (AvgIpc) is 1.85. The molecule has 3 atom stereocenters. The second kappa shape index (κ2) is 4.71. The first-order chi connectivity index (χ1) is 5.00. The van der Waals surface area contributed by atoms with Crippen LogP contribution in [-0.2, 0) is 0 Å². The first kappa shape index (κ1) is 10.9. The summed E-state index contributed by atoms with van der Waals surface area (Å²) in [5.74, 6) is 0. The van der Waals surface area contributed by atoms with E-state index in [4.69, 9.17) is 28.9 Å². The molecule has 3 N–H and O–H groups in total. The van der Waals surface area contributed by atoms with Gasteiger partial charge in [0.2, 0.25) is 0 Å². The van der Waals surface area contributed by atoms with Crippen molar-refractivity contribution in [2.45, 2.75) is 17.0 Å². The number of hydrogen-bond acceptors (Lipinski definition) is 4. The number of nitro groups is 1. The van der Waals surface area contributed by atoms with E-state index in [1.807, 2.05) is 0 Å². The number of nitrogens with one attached hydrogen (secondary N) is 1. The molecule has 0 bridgehead atoms. The highest BCUT2D eigenvalue weighted by atomic mass is 35.5. The lowest BCUT2D eigenvalue weighted by Crippen LogP contribution is -2.47. The molecule has 0 fully saturated rings. The summed E-state index contributed by atoms with van der Waals surface area (Å²) in [4.78, 5) is 9.65. The molecular weight excluding hydrogens is 193 g/mol. The molecule has 3 unspecified atom stereocenters.